The zero-order valence-electron chi connectivity index (χ0n) is 11.2. The van der Waals surface area contributed by atoms with Crippen LogP contribution in [0.3, 0.4) is 0 Å². The van der Waals surface area contributed by atoms with Crippen LogP contribution >= 0.6 is 0 Å². The summed E-state index contributed by atoms with van der Waals surface area (Å²) in [4.78, 5) is 15.3. The first kappa shape index (κ1) is 12.5. The summed E-state index contributed by atoms with van der Waals surface area (Å²) < 4.78 is 0. The Kier molecular flexibility index (Phi) is 3.06. The molecular formula is C16H16N2O2. The lowest BCUT2D eigenvalue weighted by atomic mass is 10.2. The second-order valence-electron chi connectivity index (χ2n) is 4.93. The molecule has 0 saturated carbocycles. The fourth-order valence-electron chi connectivity index (χ4n) is 2.73. The van der Waals surface area contributed by atoms with Crippen LogP contribution in [-0.4, -0.2) is 24.3 Å². The molecule has 1 atom stereocenters. The number of benzene rings is 2. The van der Waals surface area contributed by atoms with E-state index in [-0.39, 0.29) is 0 Å². The van der Waals surface area contributed by atoms with Gasteiger partial charge in [-0.05, 0) is 17.7 Å². The summed E-state index contributed by atoms with van der Waals surface area (Å²) in [6.45, 7) is 0.582. The lowest BCUT2D eigenvalue weighted by Gasteiger charge is -2.27. The van der Waals surface area contributed by atoms with Crippen molar-refractivity contribution in [2.24, 2.45) is 0 Å². The van der Waals surface area contributed by atoms with Gasteiger partial charge in [-0.1, -0.05) is 42.5 Å². The summed E-state index contributed by atoms with van der Waals surface area (Å²) >= 11 is 0. The molecular weight excluding hydrogens is 252 g/mol. The molecule has 20 heavy (non-hydrogen) atoms. The van der Waals surface area contributed by atoms with E-state index >= 15 is 0 Å². The molecule has 4 nitrogen and oxygen atoms in total. The Morgan fingerprint density at radius 2 is 1.65 bits per heavy atom. The standard InChI is InChI=1S/C16H16N2O2/c1-17-13-9-5-6-10-14(13)18(15(17)16(19)20)11-12-7-3-2-4-8-12/h2-10,15H,11H2,1H3,(H,19,20). The molecule has 2 aromatic carbocycles. The summed E-state index contributed by atoms with van der Waals surface area (Å²) in [7, 11) is 1.82. The quantitative estimate of drug-likeness (QED) is 0.929. The lowest BCUT2D eigenvalue weighted by Crippen LogP contribution is -2.47. The number of rotatable bonds is 3. The van der Waals surface area contributed by atoms with Crippen LogP contribution in [0.25, 0.3) is 0 Å². The predicted molar refractivity (Wildman–Crippen MR) is 78.9 cm³/mol. The molecule has 0 radical (unpaired) electrons. The monoisotopic (exact) mass is 268 g/mol. The Labute approximate surface area is 117 Å². The molecule has 1 heterocycles. The first-order valence-electron chi connectivity index (χ1n) is 6.54. The maximum atomic E-state index is 11.6. The third-order valence-electron chi connectivity index (χ3n) is 3.65. The third kappa shape index (κ3) is 1.99. The van der Waals surface area contributed by atoms with Gasteiger partial charge in [-0.15, -0.1) is 0 Å². The second kappa shape index (κ2) is 4.89. The maximum absolute atomic E-state index is 11.6. The van der Waals surface area contributed by atoms with Gasteiger partial charge in [0, 0.05) is 13.6 Å². The van der Waals surface area contributed by atoms with Gasteiger partial charge in [0.2, 0.25) is 6.17 Å². The molecule has 4 heteroatoms. The molecule has 2 aromatic rings. The van der Waals surface area contributed by atoms with Crippen molar-refractivity contribution in [1.82, 2.24) is 0 Å². The van der Waals surface area contributed by atoms with E-state index in [0.29, 0.717) is 6.54 Å². The van der Waals surface area contributed by atoms with E-state index in [1.807, 2.05) is 66.5 Å². The summed E-state index contributed by atoms with van der Waals surface area (Å²) in [5.41, 5.74) is 3.02. The number of para-hydroxylation sites is 2. The Morgan fingerprint density at radius 3 is 2.30 bits per heavy atom. The molecule has 0 bridgehead atoms. The molecule has 0 fully saturated rings. The van der Waals surface area contributed by atoms with E-state index in [2.05, 4.69) is 0 Å². The van der Waals surface area contributed by atoms with Crippen molar-refractivity contribution in [3.05, 3.63) is 60.2 Å². The minimum absolute atomic E-state index is 0.582. The number of aliphatic carboxylic acids is 1. The fraction of sp³-hybridized carbons (Fsp3) is 0.188. The summed E-state index contributed by atoms with van der Waals surface area (Å²) in [6, 6.07) is 17.7. The van der Waals surface area contributed by atoms with E-state index in [1.165, 1.54) is 0 Å². The van der Waals surface area contributed by atoms with Crippen LogP contribution in [0.2, 0.25) is 0 Å². The van der Waals surface area contributed by atoms with Crippen LogP contribution in [-0.2, 0) is 11.3 Å². The number of carbonyl (C=O) groups is 1. The van der Waals surface area contributed by atoms with Crippen molar-refractivity contribution in [3.8, 4) is 0 Å². The Hall–Kier alpha value is -2.49. The van der Waals surface area contributed by atoms with Gasteiger partial charge in [0.05, 0.1) is 11.4 Å². The summed E-state index contributed by atoms with van der Waals surface area (Å²) in [5.74, 6) is -0.834. The highest BCUT2D eigenvalue weighted by atomic mass is 16.4. The van der Waals surface area contributed by atoms with Gasteiger partial charge in [-0.3, -0.25) is 0 Å². The number of anilines is 2. The van der Waals surface area contributed by atoms with Gasteiger partial charge < -0.3 is 14.9 Å². The molecule has 0 amide bonds. The van der Waals surface area contributed by atoms with Gasteiger partial charge in [0.25, 0.3) is 0 Å². The van der Waals surface area contributed by atoms with Crippen LogP contribution in [0.5, 0.6) is 0 Å². The zero-order valence-corrected chi connectivity index (χ0v) is 11.2. The van der Waals surface area contributed by atoms with Gasteiger partial charge >= 0.3 is 5.97 Å². The molecule has 1 aliphatic rings. The number of hydrogen-bond acceptors (Lipinski definition) is 3. The van der Waals surface area contributed by atoms with Crippen LogP contribution in [0.4, 0.5) is 11.4 Å². The molecule has 102 valence electrons. The average molecular weight is 268 g/mol. The van der Waals surface area contributed by atoms with E-state index in [0.717, 1.165) is 16.9 Å². The summed E-state index contributed by atoms with van der Waals surface area (Å²) in [5, 5.41) is 9.52. The Balaban J connectivity index is 2.00. The van der Waals surface area contributed by atoms with Crippen molar-refractivity contribution < 1.29 is 9.90 Å². The second-order valence-corrected chi connectivity index (χ2v) is 4.93. The fourth-order valence-corrected chi connectivity index (χ4v) is 2.73. The maximum Gasteiger partial charge on any atom is 0.347 e. The molecule has 0 saturated heterocycles. The first-order chi connectivity index (χ1) is 9.68. The van der Waals surface area contributed by atoms with Gasteiger partial charge in [-0.25, -0.2) is 4.79 Å². The molecule has 3 rings (SSSR count). The molecule has 1 N–H and O–H groups in total. The normalized spacial score (nSPS) is 17.1. The van der Waals surface area contributed by atoms with Gasteiger partial charge in [-0.2, -0.15) is 0 Å². The number of nitrogens with zero attached hydrogens (tertiary/aromatic N) is 2. The van der Waals surface area contributed by atoms with E-state index < -0.39 is 12.1 Å². The number of likely N-dealkylation sites (N-methyl/N-ethyl adjacent to an activating group) is 1. The van der Waals surface area contributed by atoms with Crippen molar-refractivity contribution >= 4 is 17.3 Å². The van der Waals surface area contributed by atoms with Crippen molar-refractivity contribution in [2.75, 3.05) is 16.8 Å². The van der Waals surface area contributed by atoms with Crippen molar-refractivity contribution in [3.63, 3.8) is 0 Å². The lowest BCUT2D eigenvalue weighted by molar-refractivity contribution is -0.138. The topological polar surface area (TPSA) is 43.8 Å². The highest BCUT2D eigenvalue weighted by Crippen LogP contribution is 2.39. The highest BCUT2D eigenvalue weighted by molar-refractivity contribution is 5.90. The minimum atomic E-state index is -0.834. The van der Waals surface area contributed by atoms with Crippen molar-refractivity contribution in [2.45, 2.75) is 12.7 Å². The van der Waals surface area contributed by atoms with Gasteiger partial charge in [0.15, 0.2) is 0 Å². The molecule has 1 aliphatic heterocycles. The number of fused-ring (bicyclic) bond motifs is 1. The van der Waals surface area contributed by atoms with Crippen LogP contribution in [0, 0.1) is 0 Å². The Bertz CT molecular complexity index is 627. The number of hydrogen-bond donors (Lipinski definition) is 1. The smallest absolute Gasteiger partial charge is 0.347 e. The van der Waals surface area contributed by atoms with Crippen LogP contribution in [0.1, 0.15) is 5.56 Å². The van der Waals surface area contributed by atoms with E-state index in [4.69, 9.17) is 0 Å². The zero-order chi connectivity index (χ0) is 14.1. The molecule has 0 aliphatic carbocycles. The van der Waals surface area contributed by atoms with Crippen molar-refractivity contribution in [1.29, 1.82) is 0 Å². The largest absolute Gasteiger partial charge is 0.478 e. The van der Waals surface area contributed by atoms with Crippen LogP contribution < -0.4 is 9.80 Å². The third-order valence-corrected chi connectivity index (χ3v) is 3.65. The molecule has 0 aromatic heterocycles. The van der Waals surface area contributed by atoms with E-state index in [1.54, 1.807) is 4.90 Å². The average Bonchev–Trinajstić information content (AvgIpc) is 2.74. The Morgan fingerprint density at radius 1 is 1.05 bits per heavy atom. The van der Waals surface area contributed by atoms with Crippen LogP contribution in [0.15, 0.2) is 54.6 Å². The minimum Gasteiger partial charge on any atom is -0.478 e. The predicted octanol–water partition coefficient (Wildman–Crippen LogP) is 2.55. The highest BCUT2D eigenvalue weighted by Gasteiger charge is 2.38. The number of carboxylic acids is 1. The molecule has 0 spiro atoms. The molecule has 1 unspecified atom stereocenters. The summed E-state index contributed by atoms with van der Waals surface area (Å²) in [6.07, 6.45) is -0.660. The SMILES string of the molecule is CN1c2ccccc2N(Cc2ccccc2)C1C(=O)O. The van der Waals surface area contributed by atoms with Gasteiger partial charge in [0.1, 0.15) is 0 Å². The first-order valence-corrected chi connectivity index (χ1v) is 6.54. The van der Waals surface area contributed by atoms with E-state index in [9.17, 15) is 9.90 Å². The number of carboxylic acid groups (broad SMARTS) is 1.